The van der Waals surface area contributed by atoms with E-state index in [9.17, 15) is 4.79 Å². The molecule has 2 fully saturated rings. The quantitative estimate of drug-likeness (QED) is 0.714. The lowest BCUT2D eigenvalue weighted by atomic mass is 9.80. The van der Waals surface area contributed by atoms with Crippen molar-refractivity contribution in [1.29, 1.82) is 0 Å². The van der Waals surface area contributed by atoms with Gasteiger partial charge in [0.15, 0.2) is 5.69 Å². The smallest absolute Gasteiger partial charge is 0.272 e. The van der Waals surface area contributed by atoms with Crippen LogP contribution in [0.2, 0.25) is 0 Å². The first-order chi connectivity index (χ1) is 14.6. The summed E-state index contributed by atoms with van der Waals surface area (Å²) in [5.74, 6) is 3.04. The predicted octanol–water partition coefficient (Wildman–Crippen LogP) is 4.23. The summed E-state index contributed by atoms with van der Waals surface area (Å²) < 4.78 is 5.28. The van der Waals surface area contributed by atoms with Gasteiger partial charge in [-0.25, -0.2) is 0 Å². The van der Waals surface area contributed by atoms with Crippen molar-refractivity contribution >= 4 is 16.8 Å². The second kappa shape index (κ2) is 9.82. The van der Waals surface area contributed by atoms with E-state index < -0.39 is 0 Å². The van der Waals surface area contributed by atoms with Crippen LogP contribution in [-0.2, 0) is 0 Å². The summed E-state index contributed by atoms with van der Waals surface area (Å²) in [4.78, 5) is 15.3. The zero-order chi connectivity index (χ0) is 20.9. The molecule has 1 aliphatic carbocycles. The van der Waals surface area contributed by atoms with Gasteiger partial charge in [-0.3, -0.25) is 9.89 Å². The average Bonchev–Trinajstić information content (AvgIpc) is 3.20. The Morgan fingerprint density at radius 1 is 1.23 bits per heavy atom. The van der Waals surface area contributed by atoms with Crippen molar-refractivity contribution in [2.75, 3.05) is 33.3 Å². The molecule has 164 valence electrons. The normalized spacial score (nSPS) is 23.5. The topological polar surface area (TPSA) is 70.2 Å². The zero-order valence-electron chi connectivity index (χ0n) is 18.5. The average molecular weight is 413 g/mol. The third-order valence-electron chi connectivity index (χ3n) is 7.14. The molecular formula is C24H36N4O2. The molecule has 0 bridgehead atoms. The predicted molar refractivity (Wildman–Crippen MR) is 120 cm³/mol. The molecule has 2 aromatic rings. The molecule has 0 spiro atoms. The molecule has 1 aromatic heterocycles. The number of aromatic nitrogens is 2. The molecule has 1 saturated carbocycles. The summed E-state index contributed by atoms with van der Waals surface area (Å²) in [6, 6.07) is 5.62. The highest BCUT2D eigenvalue weighted by atomic mass is 16.5. The van der Waals surface area contributed by atoms with Crippen LogP contribution in [0.1, 0.15) is 62.4 Å². The van der Waals surface area contributed by atoms with Crippen molar-refractivity contribution < 1.29 is 9.53 Å². The van der Waals surface area contributed by atoms with Crippen molar-refractivity contribution in [2.24, 2.45) is 17.8 Å². The molecule has 2 heterocycles. The van der Waals surface area contributed by atoms with Gasteiger partial charge in [0.25, 0.3) is 5.91 Å². The maximum Gasteiger partial charge on any atom is 0.272 e. The molecule has 0 radical (unpaired) electrons. The van der Waals surface area contributed by atoms with Crippen LogP contribution in [0.4, 0.5) is 0 Å². The molecule has 2 atom stereocenters. The van der Waals surface area contributed by atoms with Gasteiger partial charge in [-0.2, -0.15) is 5.10 Å². The lowest BCUT2D eigenvalue weighted by molar-refractivity contribution is 0.0931. The number of carbonyl (C=O) groups is 1. The van der Waals surface area contributed by atoms with E-state index in [0.29, 0.717) is 11.6 Å². The number of nitrogens with one attached hydrogen (secondary N) is 2. The Bertz CT molecular complexity index is 841. The number of methoxy groups -OCH3 is 1. The Hall–Kier alpha value is -2.08. The van der Waals surface area contributed by atoms with Crippen molar-refractivity contribution in [3.63, 3.8) is 0 Å². The number of hydrogen-bond acceptors (Lipinski definition) is 4. The molecule has 2 aliphatic rings. The van der Waals surface area contributed by atoms with Crippen LogP contribution < -0.4 is 10.1 Å². The number of H-pyrrole nitrogens is 1. The summed E-state index contributed by atoms with van der Waals surface area (Å²) in [6.45, 7) is 6.70. The van der Waals surface area contributed by atoms with E-state index in [4.69, 9.17) is 4.74 Å². The molecular weight excluding hydrogens is 376 g/mol. The molecule has 6 heteroatoms. The molecule has 1 aromatic carbocycles. The van der Waals surface area contributed by atoms with Crippen LogP contribution in [-0.4, -0.2) is 54.3 Å². The van der Waals surface area contributed by atoms with Gasteiger partial charge in [-0.15, -0.1) is 0 Å². The maximum atomic E-state index is 12.7. The number of benzene rings is 1. The van der Waals surface area contributed by atoms with Gasteiger partial charge in [-0.05, 0) is 81.3 Å². The van der Waals surface area contributed by atoms with Gasteiger partial charge in [0.05, 0.1) is 12.6 Å². The Morgan fingerprint density at radius 3 is 2.83 bits per heavy atom. The highest BCUT2D eigenvalue weighted by Crippen LogP contribution is 2.31. The fourth-order valence-corrected chi connectivity index (χ4v) is 5.22. The Labute approximate surface area is 179 Å². The third-order valence-corrected chi connectivity index (χ3v) is 7.14. The summed E-state index contributed by atoms with van der Waals surface area (Å²) in [6.07, 6.45) is 9.39. The van der Waals surface area contributed by atoms with E-state index in [1.165, 1.54) is 38.6 Å². The molecule has 1 aliphatic heterocycles. The number of aromatic amines is 1. The number of carbonyl (C=O) groups excluding carboxylic acids is 1. The largest absolute Gasteiger partial charge is 0.497 e. The van der Waals surface area contributed by atoms with Crippen molar-refractivity contribution in [2.45, 2.75) is 51.9 Å². The van der Waals surface area contributed by atoms with E-state index in [1.54, 1.807) is 7.11 Å². The molecule has 1 amide bonds. The van der Waals surface area contributed by atoms with E-state index in [-0.39, 0.29) is 5.91 Å². The van der Waals surface area contributed by atoms with Gasteiger partial charge >= 0.3 is 0 Å². The second-order valence-corrected chi connectivity index (χ2v) is 9.41. The Balaban J connectivity index is 1.21. The first-order valence-electron chi connectivity index (χ1n) is 11.6. The highest BCUT2D eigenvalue weighted by Gasteiger charge is 2.23. The van der Waals surface area contributed by atoms with Gasteiger partial charge in [0.1, 0.15) is 5.75 Å². The molecule has 30 heavy (non-hydrogen) atoms. The summed E-state index contributed by atoms with van der Waals surface area (Å²) in [5, 5.41) is 11.1. The van der Waals surface area contributed by atoms with Crippen LogP contribution in [0.5, 0.6) is 5.75 Å². The van der Waals surface area contributed by atoms with Crippen LogP contribution in [0.15, 0.2) is 18.2 Å². The number of amides is 1. The van der Waals surface area contributed by atoms with E-state index in [1.807, 2.05) is 18.2 Å². The number of fused-ring (bicyclic) bond motifs is 1. The minimum Gasteiger partial charge on any atom is -0.497 e. The van der Waals surface area contributed by atoms with Gasteiger partial charge in [0.2, 0.25) is 0 Å². The Morgan fingerprint density at radius 2 is 2.07 bits per heavy atom. The minimum atomic E-state index is -0.108. The second-order valence-electron chi connectivity index (χ2n) is 9.41. The fraction of sp³-hybridized carbons (Fsp3) is 0.667. The molecule has 1 saturated heterocycles. The monoisotopic (exact) mass is 412 g/mol. The van der Waals surface area contributed by atoms with Gasteiger partial charge < -0.3 is 15.0 Å². The lowest BCUT2D eigenvalue weighted by Gasteiger charge is -2.34. The number of rotatable bonds is 7. The minimum absolute atomic E-state index is 0.108. The standard InChI is InChI=1S/C24H36N4O2/c1-17-4-3-5-18(14-17)8-11-28-12-9-19(10-13-28)16-25-24(29)23-21-15-20(30-2)6-7-22(21)26-27-23/h6-7,15,17-19H,3-5,8-14,16H2,1-2H3,(H,25,29)(H,26,27). The maximum absolute atomic E-state index is 12.7. The first kappa shape index (κ1) is 21.2. The van der Waals surface area contributed by atoms with Crippen molar-refractivity contribution in [1.82, 2.24) is 20.4 Å². The molecule has 2 N–H and O–H groups in total. The first-order valence-corrected chi connectivity index (χ1v) is 11.6. The van der Waals surface area contributed by atoms with Crippen LogP contribution in [0.25, 0.3) is 10.9 Å². The summed E-state index contributed by atoms with van der Waals surface area (Å²) in [5.41, 5.74) is 1.30. The SMILES string of the molecule is COc1ccc2[nH]nc(C(=O)NCC3CCN(CCC4CCCC(C)C4)CC3)c2c1. The van der Waals surface area contributed by atoms with E-state index in [0.717, 1.165) is 61.0 Å². The number of piperidine rings is 1. The fourth-order valence-electron chi connectivity index (χ4n) is 5.22. The molecule has 2 unspecified atom stereocenters. The number of nitrogens with zero attached hydrogens (tertiary/aromatic N) is 2. The number of hydrogen-bond donors (Lipinski definition) is 2. The number of likely N-dealkylation sites (tertiary alicyclic amines) is 1. The molecule has 6 nitrogen and oxygen atoms in total. The van der Waals surface area contributed by atoms with Crippen LogP contribution >= 0.6 is 0 Å². The highest BCUT2D eigenvalue weighted by molar-refractivity contribution is 6.05. The third kappa shape index (κ3) is 5.15. The van der Waals surface area contributed by atoms with Crippen LogP contribution in [0.3, 0.4) is 0 Å². The number of ether oxygens (including phenoxy) is 1. The summed E-state index contributed by atoms with van der Waals surface area (Å²) in [7, 11) is 1.63. The van der Waals surface area contributed by atoms with Crippen molar-refractivity contribution in [3.8, 4) is 5.75 Å². The van der Waals surface area contributed by atoms with Gasteiger partial charge in [-0.1, -0.05) is 26.2 Å². The Kier molecular flexibility index (Phi) is 6.93. The molecule has 4 rings (SSSR count). The van der Waals surface area contributed by atoms with Gasteiger partial charge in [0, 0.05) is 11.9 Å². The van der Waals surface area contributed by atoms with E-state index in [2.05, 4.69) is 27.3 Å². The zero-order valence-corrected chi connectivity index (χ0v) is 18.5. The summed E-state index contributed by atoms with van der Waals surface area (Å²) >= 11 is 0. The van der Waals surface area contributed by atoms with Crippen molar-refractivity contribution in [3.05, 3.63) is 23.9 Å². The van der Waals surface area contributed by atoms with E-state index >= 15 is 0 Å². The van der Waals surface area contributed by atoms with Crippen LogP contribution in [0, 0.1) is 17.8 Å². The lowest BCUT2D eigenvalue weighted by Crippen LogP contribution is -2.39.